The Morgan fingerprint density at radius 1 is 0.951 bits per heavy atom. The molecule has 1 aliphatic rings. The Hall–Kier alpha value is -3.26. The van der Waals surface area contributed by atoms with Crippen molar-refractivity contribution in [3.63, 3.8) is 0 Å². The monoisotopic (exact) mass is 589 g/mol. The number of hydrogen-bond donors (Lipinski definition) is 3. The highest BCUT2D eigenvalue weighted by atomic mass is 35.5. The minimum absolute atomic E-state index is 0.0988. The maximum atomic E-state index is 11.6. The minimum atomic E-state index is -0.0988. The lowest BCUT2D eigenvalue weighted by molar-refractivity contribution is -0.117. The molecule has 0 saturated heterocycles. The van der Waals surface area contributed by atoms with Gasteiger partial charge in [-0.25, -0.2) is 4.98 Å². The van der Waals surface area contributed by atoms with Gasteiger partial charge in [0.25, 0.3) is 0 Å². The van der Waals surface area contributed by atoms with Gasteiger partial charge in [0.05, 0.1) is 29.5 Å². The predicted molar refractivity (Wildman–Crippen MR) is 165 cm³/mol. The number of nitrogens with one attached hydrogen (secondary N) is 1. The van der Waals surface area contributed by atoms with Crippen LogP contribution in [0.3, 0.4) is 0 Å². The van der Waals surface area contributed by atoms with E-state index in [1.807, 2.05) is 66.7 Å². The van der Waals surface area contributed by atoms with Gasteiger partial charge in [-0.05, 0) is 47.7 Å². The van der Waals surface area contributed by atoms with E-state index in [-0.39, 0.29) is 6.61 Å². The number of aliphatic hydroxyl groups is 1. The number of aliphatic hydroxyl groups excluding tert-OH is 1. The number of hydrogen-bond acceptors (Lipinski definition) is 6. The van der Waals surface area contributed by atoms with Crippen LogP contribution in [0, 0.1) is 5.92 Å². The summed E-state index contributed by atoms with van der Waals surface area (Å²) in [4.78, 5) is 16.3. The molecule has 4 N–H and O–H groups in total. The van der Waals surface area contributed by atoms with Gasteiger partial charge in [0.2, 0.25) is 5.88 Å². The Kier molecular flexibility index (Phi) is 9.38. The molecule has 8 heteroatoms. The molecular weight excluding hydrogens is 557 g/mol. The summed E-state index contributed by atoms with van der Waals surface area (Å²) >= 11 is 14.0. The molecule has 1 heterocycles. The molecule has 1 aromatic heterocycles. The zero-order valence-electron chi connectivity index (χ0n) is 22.9. The molecular formula is C33H33Cl2N3O3. The summed E-state index contributed by atoms with van der Waals surface area (Å²) in [7, 11) is 1.61. The van der Waals surface area contributed by atoms with Crippen LogP contribution in [-0.2, 0) is 24.5 Å². The van der Waals surface area contributed by atoms with Crippen molar-refractivity contribution in [3.05, 3.63) is 93.5 Å². The molecule has 5 rings (SSSR count). The molecule has 1 atom stereocenters. The molecule has 0 aliphatic heterocycles. The van der Waals surface area contributed by atoms with Crippen molar-refractivity contribution in [2.75, 3.05) is 13.7 Å². The topological polar surface area (TPSA) is 97.5 Å². The molecule has 212 valence electrons. The van der Waals surface area contributed by atoms with Crippen molar-refractivity contribution < 1.29 is 14.6 Å². The third-order valence-corrected chi connectivity index (χ3v) is 8.51. The van der Waals surface area contributed by atoms with E-state index in [1.165, 1.54) is 0 Å². The number of nitrogens with zero attached hydrogens (tertiary/aromatic N) is 1. The number of ether oxygens (including phenoxy) is 1. The zero-order chi connectivity index (χ0) is 28.9. The van der Waals surface area contributed by atoms with Crippen molar-refractivity contribution in [3.8, 4) is 39.4 Å². The van der Waals surface area contributed by atoms with E-state index < -0.39 is 0 Å². The molecule has 6 nitrogen and oxygen atoms in total. The molecule has 0 amide bonds. The Labute approximate surface area is 250 Å². The Morgan fingerprint density at radius 3 is 2.29 bits per heavy atom. The van der Waals surface area contributed by atoms with Crippen molar-refractivity contribution in [1.82, 2.24) is 10.3 Å². The van der Waals surface area contributed by atoms with Crippen molar-refractivity contribution in [1.29, 1.82) is 0 Å². The van der Waals surface area contributed by atoms with Gasteiger partial charge in [-0.15, -0.1) is 0 Å². The van der Waals surface area contributed by atoms with Crippen LogP contribution in [0.15, 0.2) is 66.7 Å². The van der Waals surface area contributed by atoms with Crippen molar-refractivity contribution in [2.45, 2.75) is 39.0 Å². The summed E-state index contributed by atoms with van der Waals surface area (Å²) in [6.07, 6.45) is 2.30. The average molecular weight is 591 g/mol. The molecule has 1 saturated carbocycles. The Morgan fingerprint density at radius 2 is 1.63 bits per heavy atom. The summed E-state index contributed by atoms with van der Waals surface area (Å²) in [5.41, 5.74) is 13.2. The lowest BCUT2D eigenvalue weighted by atomic mass is 9.95. The second kappa shape index (κ2) is 13.1. The largest absolute Gasteiger partial charge is 0.481 e. The maximum absolute atomic E-state index is 11.6. The van der Waals surface area contributed by atoms with Crippen LogP contribution in [0.2, 0.25) is 10.0 Å². The van der Waals surface area contributed by atoms with E-state index in [2.05, 4.69) is 5.32 Å². The van der Waals surface area contributed by atoms with Crippen LogP contribution in [0.4, 0.5) is 0 Å². The summed E-state index contributed by atoms with van der Waals surface area (Å²) in [5, 5.41) is 14.4. The molecule has 1 fully saturated rings. The fourth-order valence-corrected chi connectivity index (χ4v) is 6.11. The van der Waals surface area contributed by atoms with Crippen LogP contribution in [0.25, 0.3) is 33.5 Å². The average Bonchev–Trinajstić information content (AvgIpc) is 3.42. The summed E-state index contributed by atoms with van der Waals surface area (Å²) < 4.78 is 5.63. The fraction of sp³-hybridized carbons (Fsp3) is 0.273. The van der Waals surface area contributed by atoms with E-state index in [0.717, 1.165) is 57.5 Å². The number of benzene rings is 3. The number of methoxy groups -OCH3 is 1. The second-order valence-corrected chi connectivity index (χ2v) is 11.1. The third kappa shape index (κ3) is 6.32. The summed E-state index contributed by atoms with van der Waals surface area (Å²) in [6, 6.07) is 21.4. The number of carbonyl (C=O) groups excluding carboxylic acids is 1. The summed E-state index contributed by atoms with van der Waals surface area (Å²) in [6.45, 7) is 1.65. The van der Waals surface area contributed by atoms with Gasteiger partial charge in [-0.1, -0.05) is 77.8 Å². The van der Waals surface area contributed by atoms with Crippen molar-refractivity contribution >= 4 is 29.0 Å². The van der Waals surface area contributed by atoms with Crippen LogP contribution in [-0.4, -0.2) is 29.5 Å². The van der Waals surface area contributed by atoms with Gasteiger partial charge in [0.1, 0.15) is 5.78 Å². The molecule has 0 bridgehead atoms. The molecule has 41 heavy (non-hydrogen) atoms. The van der Waals surface area contributed by atoms with E-state index >= 15 is 0 Å². The maximum Gasteiger partial charge on any atom is 0.218 e. The van der Waals surface area contributed by atoms with E-state index in [4.69, 9.17) is 38.7 Å². The number of halogens is 2. The number of nitrogens with two attached hydrogens (primary N) is 1. The molecule has 1 aliphatic carbocycles. The summed E-state index contributed by atoms with van der Waals surface area (Å²) in [5.74, 6) is 1.28. The number of carbonyl (C=O) groups is 1. The lowest BCUT2D eigenvalue weighted by Crippen LogP contribution is -2.21. The SMILES string of the molecule is COc1nc(-c2cccc(-c3cccc(-c4ccc(CN)c(CO)c4)c3Cl)c2Cl)ccc1CNC[C@@H]1CCC(=O)C1. The smallest absolute Gasteiger partial charge is 0.218 e. The minimum Gasteiger partial charge on any atom is -0.481 e. The standard InChI is InChI=1S/C33H33Cl2N3O3/c1-41-33-23(18-37-17-20-8-12-25(40)14-20)11-13-30(38-33)29-7-3-6-28(32(29)35)27-5-2-4-26(31(27)34)21-9-10-22(16-36)24(15-21)19-39/h2-7,9-11,13,15,20,37,39H,8,12,14,16-19,36H2,1H3/t20-/m1/s1. The van der Waals surface area contributed by atoms with Crippen LogP contribution >= 0.6 is 23.2 Å². The lowest BCUT2D eigenvalue weighted by Gasteiger charge is -2.16. The van der Waals surface area contributed by atoms with Gasteiger partial charge >= 0.3 is 0 Å². The highest BCUT2D eigenvalue weighted by molar-refractivity contribution is 6.39. The van der Waals surface area contributed by atoms with Gasteiger partial charge < -0.3 is 20.9 Å². The van der Waals surface area contributed by atoms with E-state index in [9.17, 15) is 9.90 Å². The molecule has 4 aromatic rings. The first kappa shape index (κ1) is 29.2. The van der Waals surface area contributed by atoms with Crippen LogP contribution in [0.1, 0.15) is 36.0 Å². The fourth-order valence-electron chi connectivity index (χ4n) is 5.45. The Bertz CT molecular complexity index is 1570. The first-order valence-electron chi connectivity index (χ1n) is 13.7. The third-order valence-electron chi connectivity index (χ3n) is 7.70. The number of pyridine rings is 1. The number of Topliss-reactive ketones (excluding diaryl/α,β-unsaturated/α-hetero) is 1. The van der Waals surface area contributed by atoms with Gasteiger partial charge in [0.15, 0.2) is 0 Å². The highest BCUT2D eigenvalue weighted by Gasteiger charge is 2.22. The number of ketones is 1. The van der Waals surface area contributed by atoms with E-state index in [1.54, 1.807) is 7.11 Å². The normalized spacial score (nSPS) is 15.0. The Balaban J connectivity index is 1.43. The molecule has 0 radical (unpaired) electrons. The predicted octanol–water partition coefficient (Wildman–Crippen LogP) is 6.81. The molecule has 0 spiro atoms. The first-order valence-corrected chi connectivity index (χ1v) is 14.5. The first-order chi connectivity index (χ1) is 19.9. The molecule has 3 aromatic carbocycles. The second-order valence-electron chi connectivity index (χ2n) is 10.3. The number of aromatic nitrogens is 1. The van der Waals surface area contributed by atoms with Crippen LogP contribution < -0.4 is 15.8 Å². The highest BCUT2D eigenvalue weighted by Crippen LogP contribution is 2.42. The number of rotatable bonds is 10. The van der Waals surface area contributed by atoms with Crippen molar-refractivity contribution in [2.24, 2.45) is 11.7 Å². The zero-order valence-corrected chi connectivity index (χ0v) is 24.4. The quantitative estimate of drug-likeness (QED) is 0.188. The van der Waals surface area contributed by atoms with Gasteiger partial charge in [0, 0.05) is 53.7 Å². The van der Waals surface area contributed by atoms with Gasteiger partial charge in [-0.3, -0.25) is 4.79 Å². The van der Waals surface area contributed by atoms with Crippen LogP contribution in [0.5, 0.6) is 5.88 Å². The molecule has 0 unspecified atom stereocenters. The van der Waals surface area contributed by atoms with Gasteiger partial charge in [-0.2, -0.15) is 0 Å². The van der Waals surface area contributed by atoms with E-state index in [0.29, 0.717) is 59.3 Å².